The predicted molar refractivity (Wildman–Crippen MR) is 110 cm³/mol. The summed E-state index contributed by atoms with van der Waals surface area (Å²) >= 11 is 0. The highest BCUT2D eigenvalue weighted by Crippen LogP contribution is 2.22. The second-order valence-electron chi connectivity index (χ2n) is 6.67. The van der Waals surface area contributed by atoms with Gasteiger partial charge >= 0.3 is 0 Å². The molecule has 0 saturated carbocycles. The molecule has 25 heavy (non-hydrogen) atoms. The molecular formula is C19H33Cl2N3O. The Bertz CT molecular complexity index is 489. The fourth-order valence-corrected chi connectivity index (χ4v) is 3.32. The molecule has 1 amide bonds. The molecule has 1 heterocycles. The molecule has 2 atom stereocenters. The molecule has 6 heteroatoms. The molecule has 0 aliphatic carbocycles. The third-order valence-corrected chi connectivity index (χ3v) is 5.21. The van der Waals surface area contributed by atoms with Crippen molar-refractivity contribution in [2.45, 2.75) is 51.6 Å². The van der Waals surface area contributed by atoms with Crippen LogP contribution in [0.25, 0.3) is 0 Å². The lowest BCUT2D eigenvalue weighted by molar-refractivity contribution is -0.124. The van der Waals surface area contributed by atoms with Crippen molar-refractivity contribution in [2.75, 3.05) is 19.6 Å². The van der Waals surface area contributed by atoms with E-state index >= 15 is 0 Å². The summed E-state index contributed by atoms with van der Waals surface area (Å²) in [5, 5.41) is 10.2. The molecule has 1 saturated heterocycles. The standard InChI is InChI=1S/C19H31N3O.2ClH/c1-4-19(5-2,14-21-18(23)17-11-12-20-13-17)22-15(3)16-9-7-6-8-10-16;;/h6-10,15,17,20,22H,4-5,11-14H2,1-3H3,(H,21,23);2*1H. The van der Waals surface area contributed by atoms with Crippen molar-refractivity contribution in [3.63, 3.8) is 0 Å². The average Bonchev–Trinajstić information content (AvgIpc) is 3.14. The van der Waals surface area contributed by atoms with Gasteiger partial charge in [0.25, 0.3) is 0 Å². The van der Waals surface area contributed by atoms with E-state index in [-0.39, 0.29) is 48.2 Å². The van der Waals surface area contributed by atoms with Gasteiger partial charge in [-0.1, -0.05) is 44.2 Å². The summed E-state index contributed by atoms with van der Waals surface area (Å²) < 4.78 is 0. The highest BCUT2D eigenvalue weighted by atomic mass is 35.5. The fourth-order valence-electron chi connectivity index (χ4n) is 3.32. The Labute approximate surface area is 164 Å². The maximum absolute atomic E-state index is 12.3. The number of halogens is 2. The van der Waals surface area contributed by atoms with Crippen LogP contribution in [0.15, 0.2) is 30.3 Å². The molecule has 0 radical (unpaired) electrons. The van der Waals surface area contributed by atoms with Crippen molar-refractivity contribution in [3.8, 4) is 0 Å². The summed E-state index contributed by atoms with van der Waals surface area (Å²) in [5.41, 5.74) is 1.22. The van der Waals surface area contributed by atoms with Gasteiger partial charge < -0.3 is 16.0 Å². The van der Waals surface area contributed by atoms with Crippen molar-refractivity contribution in [1.29, 1.82) is 0 Å². The molecule has 3 N–H and O–H groups in total. The summed E-state index contributed by atoms with van der Waals surface area (Å²) in [7, 11) is 0. The Morgan fingerprint density at radius 3 is 2.40 bits per heavy atom. The number of carbonyl (C=O) groups is 1. The monoisotopic (exact) mass is 389 g/mol. The third-order valence-electron chi connectivity index (χ3n) is 5.21. The van der Waals surface area contributed by atoms with Gasteiger partial charge in [-0.3, -0.25) is 4.79 Å². The summed E-state index contributed by atoms with van der Waals surface area (Å²) in [6.45, 7) is 9.03. The Balaban J connectivity index is 0.00000288. The van der Waals surface area contributed by atoms with E-state index in [1.807, 2.05) is 6.07 Å². The minimum Gasteiger partial charge on any atom is -0.354 e. The highest BCUT2D eigenvalue weighted by molar-refractivity contribution is 5.85. The first-order valence-corrected chi connectivity index (χ1v) is 8.91. The summed E-state index contributed by atoms with van der Waals surface area (Å²) in [6, 6.07) is 10.7. The van der Waals surface area contributed by atoms with Crippen LogP contribution >= 0.6 is 24.8 Å². The molecule has 1 aliphatic heterocycles. The van der Waals surface area contributed by atoms with E-state index in [2.05, 4.69) is 61.0 Å². The van der Waals surface area contributed by atoms with E-state index in [4.69, 9.17) is 0 Å². The maximum Gasteiger partial charge on any atom is 0.224 e. The molecule has 4 nitrogen and oxygen atoms in total. The maximum atomic E-state index is 12.3. The first-order chi connectivity index (χ1) is 11.1. The van der Waals surface area contributed by atoms with Crippen LogP contribution in [-0.4, -0.2) is 31.1 Å². The molecule has 0 aromatic heterocycles. The van der Waals surface area contributed by atoms with Crippen LogP contribution in [-0.2, 0) is 4.79 Å². The van der Waals surface area contributed by atoms with Gasteiger partial charge in [-0.15, -0.1) is 24.8 Å². The summed E-state index contributed by atoms with van der Waals surface area (Å²) in [4.78, 5) is 12.3. The van der Waals surface area contributed by atoms with Gasteiger partial charge in [0.05, 0.1) is 5.92 Å². The van der Waals surface area contributed by atoms with Crippen molar-refractivity contribution in [3.05, 3.63) is 35.9 Å². The molecule has 1 aliphatic rings. The van der Waals surface area contributed by atoms with Crippen molar-refractivity contribution < 1.29 is 4.79 Å². The Morgan fingerprint density at radius 2 is 1.88 bits per heavy atom. The van der Waals surface area contributed by atoms with Crippen LogP contribution in [0.1, 0.15) is 51.6 Å². The van der Waals surface area contributed by atoms with Gasteiger partial charge in [-0.05, 0) is 38.3 Å². The molecule has 0 spiro atoms. The fraction of sp³-hybridized carbons (Fsp3) is 0.632. The van der Waals surface area contributed by atoms with Gasteiger partial charge in [0.2, 0.25) is 5.91 Å². The smallest absolute Gasteiger partial charge is 0.224 e. The molecule has 2 unspecified atom stereocenters. The Hall–Kier alpha value is -0.810. The van der Waals surface area contributed by atoms with E-state index < -0.39 is 0 Å². The first-order valence-electron chi connectivity index (χ1n) is 8.91. The number of benzene rings is 1. The van der Waals surface area contributed by atoms with Crippen LogP contribution in [0.2, 0.25) is 0 Å². The number of hydrogen-bond donors (Lipinski definition) is 3. The average molecular weight is 390 g/mol. The zero-order valence-electron chi connectivity index (χ0n) is 15.5. The van der Waals surface area contributed by atoms with Gasteiger partial charge in [0.1, 0.15) is 0 Å². The number of amides is 1. The van der Waals surface area contributed by atoms with Gasteiger partial charge in [0.15, 0.2) is 0 Å². The number of carbonyl (C=O) groups excluding carboxylic acids is 1. The van der Waals surface area contributed by atoms with E-state index in [9.17, 15) is 4.79 Å². The van der Waals surface area contributed by atoms with Crippen molar-refractivity contribution >= 4 is 30.7 Å². The SMILES string of the molecule is CCC(CC)(CNC(=O)C1CCNC1)NC(C)c1ccccc1.Cl.Cl. The zero-order valence-corrected chi connectivity index (χ0v) is 17.1. The molecule has 2 rings (SSSR count). The largest absolute Gasteiger partial charge is 0.354 e. The van der Waals surface area contributed by atoms with Crippen LogP contribution in [0.4, 0.5) is 0 Å². The normalized spacial score (nSPS) is 18.0. The van der Waals surface area contributed by atoms with Gasteiger partial charge in [-0.2, -0.15) is 0 Å². The second-order valence-corrected chi connectivity index (χ2v) is 6.67. The number of hydrogen-bond acceptors (Lipinski definition) is 3. The zero-order chi connectivity index (χ0) is 16.7. The van der Waals surface area contributed by atoms with E-state index in [1.165, 1.54) is 5.56 Å². The molecule has 1 aromatic rings. The lowest BCUT2D eigenvalue weighted by Gasteiger charge is -2.36. The molecule has 144 valence electrons. The second kappa shape index (κ2) is 11.7. The molecule has 1 fully saturated rings. The summed E-state index contributed by atoms with van der Waals surface area (Å²) in [6.07, 6.45) is 2.93. The van der Waals surface area contributed by atoms with E-state index in [1.54, 1.807) is 0 Å². The van der Waals surface area contributed by atoms with Gasteiger partial charge in [-0.25, -0.2) is 0 Å². The third kappa shape index (κ3) is 6.78. The predicted octanol–water partition coefficient (Wildman–Crippen LogP) is 3.47. The quantitative estimate of drug-likeness (QED) is 0.637. The number of nitrogens with one attached hydrogen (secondary N) is 3. The van der Waals surface area contributed by atoms with E-state index in [0.717, 1.165) is 32.4 Å². The molecule has 0 bridgehead atoms. The molecular weight excluding hydrogens is 357 g/mol. The Morgan fingerprint density at radius 1 is 1.24 bits per heavy atom. The van der Waals surface area contributed by atoms with Crippen molar-refractivity contribution in [1.82, 2.24) is 16.0 Å². The minimum atomic E-state index is -0.0586. The topological polar surface area (TPSA) is 53.2 Å². The Kier molecular flexibility index (Phi) is 11.4. The van der Waals surface area contributed by atoms with Crippen LogP contribution in [0.3, 0.4) is 0 Å². The van der Waals surface area contributed by atoms with Gasteiger partial charge in [0, 0.05) is 24.7 Å². The highest BCUT2D eigenvalue weighted by Gasteiger charge is 2.30. The first kappa shape index (κ1) is 24.2. The van der Waals surface area contributed by atoms with Crippen LogP contribution < -0.4 is 16.0 Å². The summed E-state index contributed by atoms with van der Waals surface area (Å²) in [5.74, 6) is 0.323. The van der Waals surface area contributed by atoms with Crippen LogP contribution in [0, 0.1) is 5.92 Å². The minimum absolute atomic E-state index is 0. The van der Waals surface area contributed by atoms with Crippen molar-refractivity contribution in [2.24, 2.45) is 5.92 Å². The lowest BCUT2D eigenvalue weighted by atomic mass is 9.90. The van der Waals surface area contributed by atoms with Crippen LogP contribution in [0.5, 0.6) is 0 Å². The van der Waals surface area contributed by atoms with E-state index in [0.29, 0.717) is 6.54 Å². The molecule has 1 aromatic carbocycles. The lowest BCUT2D eigenvalue weighted by Crippen LogP contribution is -2.54. The number of rotatable bonds is 8.